The summed E-state index contributed by atoms with van der Waals surface area (Å²) in [6, 6.07) is 78.5. The molecule has 0 saturated carbocycles. The summed E-state index contributed by atoms with van der Waals surface area (Å²) in [6.07, 6.45) is 0. The highest BCUT2D eigenvalue weighted by atomic mass is 16.3. The van der Waals surface area contributed by atoms with E-state index in [0.717, 1.165) is 66.8 Å². The minimum atomic E-state index is 0.863. The lowest BCUT2D eigenvalue weighted by atomic mass is 9.97. The molecule has 2 heterocycles. The van der Waals surface area contributed by atoms with Crippen molar-refractivity contribution in [3.05, 3.63) is 218 Å². The van der Waals surface area contributed by atoms with Crippen molar-refractivity contribution in [2.75, 3.05) is 4.90 Å². The van der Waals surface area contributed by atoms with Gasteiger partial charge < -0.3 is 13.9 Å². The molecule has 0 radical (unpaired) electrons. The Balaban J connectivity index is 1.08. The number of fused-ring (bicyclic) bond motifs is 10. The number of para-hydroxylation sites is 3. The van der Waals surface area contributed by atoms with Crippen molar-refractivity contribution < 1.29 is 4.42 Å². The molecule has 276 valence electrons. The fourth-order valence-corrected chi connectivity index (χ4v) is 9.28. The number of anilines is 3. The molecule has 0 spiro atoms. The van der Waals surface area contributed by atoms with E-state index in [1.807, 2.05) is 0 Å². The van der Waals surface area contributed by atoms with E-state index in [1.54, 1.807) is 0 Å². The molecular weight excluding hydrogens is 717 g/mol. The van der Waals surface area contributed by atoms with Gasteiger partial charge in [-0.15, -0.1) is 0 Å². The summed E-state index contributed by atoms with van der Waals surface area (Å²) in [5.74, 6) is 0. The van der Waals surface area contributed by atoms with Crippen LogP contribution in [-0.4, -0.2) is 4.57 Å². The molecule has 3 nitrogen and oxygen atoms in total. The van der Waals surface area contributed by atoms with Crippen LogP contribution in [0.2, 0.25) is 0 Å². The zero-order chi connectivity index (χ0) is 38.9. The van der Waals surface area contributed by atoms with Crippen LogP contribution >= 0.6 is 0 Å². The van der Waals surface area contributed by atoms with E-state index in [-0.39, 0.29) is 0 Å². The Labute approximate surface area is 341 Å². The first-order valence-electron chi connectivity index (χ1n) is 20.2. The smallest absolute Gasteiger partial charge is 0.160 e. The average molecular weight is 753 g/mol. The summed E-state index contributed by atoms with van der Waals surface area (Å²) in [4.78, 5) is 2.39. The highest BCUT2D eigenvalue weighted by molar-refractivity contribution is 6.29. The summed E-state index contributed by atoms with van der Waals surface area (Å²) in [6.45, 7) is 0. The Hall–Kier alpha value is -7.88. The molecule has 0 unspecified atom stereocenters. The number of rotatable bonds is 6. The number of hydrogen-bond donors (Lipinski definition) is 0. The van der Waals surface area contributed by atoms with Crippen molar-refractivity contribution in [3.63, 3.8) is 0 Å². The Morgan fingerprint density at radius 1 is 0.373 bits per heavy atom. The molecule has 2 aromatic heterocycles. The predicted octanol–water partition coefficient (Wildman–Crippen LogP) is 15.8. The summed E-state index contributed by atoms with van der Waals surface area (Å²) >= 11 is 0. The van der Waals surface area contributed by atoms with Crippen LogP contribution in [0.5, 0.6) is 0 Å². The largest absolute Gasteiger partial charge is 0.454 e. The Morgan fingerprint density at radius 3 is 1.81 bits per heavy atom. The van der Waals surface area contributed by atoms with E-state index in [4.69, 9.17) is 4.42 Å². The van der Waals surface area contributed by atoms with Gasteiger partial charge in [-0.05, 0) is 98.9 Å². The van der Waals surface area contributed by atoms with Crippen molar-refractivity contribution >= 4 is 82.4 Å². The molecule has 10 aromatic carbocycles. The Bertz CT molecular complexity index is 3540. The average Bonchev–Trinajstić information content (AvgIpc) is 3.87. The van der Waals surface area contributed by atoms with Gasteiger partial charge in [0.05, 0.1) is 22.4 Å². The quantitative estimate of drug-likeness (QED) is 0.169. The number of aromatic nitrogens is 1. The van der Waals surface area contributed by atoms with Crippen LogP contribution in [-0.2, 0) is 0 Å². The van der Waals surface area contributed by atoms with Gasteiger partial charge in [-0.2, -0.15) is 0 Å². The second-order valence-corrected chi connectivity index (χ2v) is 15.3. The third-order valence-corrected chi connectivity index (χ3v) is 12.0. The molecule has 12 aromatic rings. The van der Waals surface area contributed by atoms with Crippen molar-refractivity contribution in [2.24, 2.45) is 0 Å². The summed E-state index contributed by atoms with van der Waals surface area (Å²) < 4.78 is 9.39. The van der Waals surface area contributed by atoms with E-state index in [2.05, 4.69) is 228 Å². The van der Waals surface area contributed by atoms with Crippen molar-refractivity contribution in [1.29, 1.82) is 0 Å². The van der Waals surface area contributed by atoms with Crippen molar-refractivity contribution in [1.82, 2.24) is 4.57 Å². The minimum Gasteiger partial charge on any atom is -0.454 e. The summed E-state index contributed by atoms with van der Waals surface area (Å²) in [7, 11) is 0. The second-order valence-electron chi connectivity index (χ2n) is 15.3. The van der Waals surface area contributed by atoms with Crippen LogP contribution in [0.4, 0.5) is 17.1 Å². The van der Waals surface area contributed by atoms with Crippen LogP contribution in [0.3, 0.4) is 0 Å². The van der Waals surface area contributed by atoms with Gasteiger partial charge in [-0.1, -0.05) is 158 Å². The van der Waals surface area contributed by atoms with Crippen LogP contribution < -0.4 is 4.90 Å². The topological polar surface area (TPSA) is 21.3 Å². The molecule has 3 heteroatoms. The minimum absolute atomic E-state index is 0.863. The maximum absolute atomic E-state index is 7.03. The highest BCUT2D eigenvalue weighted by Gasteiger charge is 2.25. The fraction of sp³-hybridized carbons (Fsp3) is 0. The molecule has 0 N–H and O–H groups in total. The molecular formula is C56H36N2O. The molecule has 0 bridgehead atoms. The molecule has 0 amide bonds. The normalized spacial score (nSPS) is 11.7. The molecule has 59 heavy (non-hydrogen) atoms. The maximum atomic E-state index is 7.03. The van der Waals surface area contributed by atoms with Gasteiger partial charge in [0.25, 0.3) is 0 Å². The van der Waals surface area contributed by atoms with Gasteiger partial charge in [0, 0.05) is 38.5 Å². The fourth-order valence-electron chi connectivity index (χ4n) is 9.28. The zero-order valence-corrected chi connectivity index (χ0v) is 32.1. The van der Waals surface area contributed by atoms with Crippen molar-refractivity contribution in [2.45, 2.75) is 0 Å². The van der Waals surface area contributed by atoms with Gasteiger partial charge in [0.15, 0.2) is 5.58 Å². The summed E-state index contributed by atoms with van der Waals surface area (Å²) in [5, 5.41) is 9.48. The van der Waals surface area contributed by atoms with E-state index in [0.29, 0.717) is 0 Å². The lowest BCUT2D eigenvalue weighted by molar-refractivity contribution is 0.669. The lowest BCUT2D eigenvalue weighted by Crippen LogP contribution is -2.11. The number of furan rings is 1. The number of nitrogens with zero attached hydrogens (tertiary/aromatic N) is 2. The molecule has 0 saturated heterocycles. The third-order valence-electron chi connectivity index (χ3n) is 12.0. The molecule has 0 aliphatic heterocycles. The highest BCUT2D eigenvalue weighted by Crippen LogP contribution is 2.49. The Kier molecular flexibility index (Phi) is 7.54. The number of benzene rings is 10. The third kappa shape index (κ3) is 5.29. The van der Waals surface area contributed by atoms with Crippen LogP contribution in [0.1, 0.15) is 0 Å². The first-order valence-corrected chi connectivity index (χ1v) is 20.2. The molecule has 0 aliphatic rings. The Morgan fingerprint density at radius 2 is 1.00 bits per heavy atom. The molecule has 12 rings (SSSR count). The van der Waals surface area contributed by atoms with Gasteiger partial charge in [-0.3, -0.25) is 0 Å². The SMILES string of the molecule is c1ccc(-c2ccccc2N(c2ccc(-c3ccc4c(c3)c3ccccc3n4-c3ccccc3)cc2)c2cc3ccccc3c3c2oc2ccc4ccccc4c23)cc1. The summed E-state index contributed by atoms with van der Waals surface area (Å²) in [5.41, 5.74) is 13.0. The monoisotopic (exact) mass is 752 g/mol. The first kappa shape index (κ1) is 33.3. The number of hydrogen-bond acceptors (Lipinski definition) is 2. The molecule has 0 aliphatic carbocycles. The molecule has 0 fully saturated rings. The van der Waals surface area contributed by atoms with Gasteiger partial charge >= 0.3 is 0 Å². The second kappa shape index (κ2) is 13.4. The zero-order valence-electron chi connectivity index (χ0n) is 32.1. The van der Waals surface area contributed by atoms with Crippen LogP contribution in [0, 0.1) is 0 Å². The van der Waals surface area contributed by atoms with Crippen molar-refractivity contribution in [3.8, 4) is 27.9 Å². The standard InChI is InChI=1S/C56H36N2O/c1-3-15-38(16-4-1)44-21-11-13-25-49(44)58(52-36-41-18-8-10-23-46(41)55-54-45-22-9-7-17-39(45)30-34-53(54)59-56(52)55)43-31-27-37(28-32-43)40-29-33-51-48(35-40)47-24-12-14-26-50(47)57(51)42-19-5-2-6-20-42/h1-36H. The van der Waals surface area contributed by atoms with E-state index in [9.17, 15) is 0 Å². The van der Waals surface area contributed by atoms with Gasteiger partial charge in [0.2, 0.25) is 0 Å². The van der Waals surface area contributed by atoms with E-state index in [1.165, 1.54) is 43.5 Å². The predicted molar refractivity (Wildman–Crippen MR) is 249 cm³/mol. The maximum Gasteiger partial charge on any atom is 0.160 e. The van der Waals surface area contributed by atoms with E-state index < -0.39 is 0 Å². The van der Waals surface area contributed by atoms with Gasteiger partial charge in [0.1, 0.15) is 5.58 Å². The van der Waals surface area contributed by atoms with E-state index >= 15 is 0 Å². The van der Waals surface area contributed by atoms with Crippen LogP contribution in [0.25, 0.3) is 93.2 Å². The molecule has 0 atom stereocenters. The lowest BCUT2D eigenvalue weighted by Gasteiger charge is -2.28. The first-order chi connectivity index (χ1) is 29.3. The van der Waals surface area contributed by atoms with Crippen LogP contribution in [0.15, 0.2) is 223 Å². The van der Waals surface area contributed by atoms with Gasteiger partial charge in [-0.25, -0.2) is 0 Å².